The Morgan fingerprint density at radius 3 is 2.50 bits per heavy atom. The molecule has 2 rings (SSSR count). The number of phenols is 1. The van der Waals surface area contributed by atoms with E-state index in [1.54, 1.807) is 12.1 Å². The van der Waals surface area contributed by atoms with Crippen LogP contribution in [0, 0.1) is 0 Å². The standard InChI is InChI=1S/C11H15NO2/c13-7-9-3-6-11(12-9)8-1-4-10(14)5-2-8/h1-2,4-5,9,11-14H,3,6-7H2. The number of benzene rings is 1. The fourth-order valence-corrected chi connectivity index (χ4v) is 1.93. The molecule has 1 fully saturated rings. The summed E-state index contributed by atoms with van der Waals surface area (Å²) in [7, 11) is 0. The Morgan fingerprint density at radius 2 is 1.93 bits per heavy atom. The largest absolute Gasteiger partial charge is 0.508 e. The Bertz CT molecular complexity index is 297. The summed E-state index contributed by atoms with van der Waals surface area (Å²) >= 11 is 0. The molecule has 1 heterocycles. The smallest absolute Gasteiger partial charge is 0.115 e. The van der Waals surface area contributed by atoms with Gasteiger partial charge in [-0.2, -0.15) is 0 Å². The summed E-state index contributed by atoms with van der Waals surface area (Å²) in [6, 6.07) is 7.80. The SMILES string of the molecule is OCC1CCC(c2ccc(O)cc2)N1. The molecule has 0 spiro atoms. The van der Waals surface area contributed by atoms with Gasteiger partial charge in [0.2, 0.25) is 0 Å². The molecule has 76 valence electrons. The zero-order valence-electron chi connectivity index (χ0n) is 7.98. The fourth-order valence-electron chi connectivity index (χ4n) is 1.93. The van der Waals surface area contributed by atoms with Crippen molar-refractivity contribution in [1.82, 2.24) is 5.32 Å². The van der Waals surface area contributed by atoms with Crippen LogP contribution < -0.4 is 5.32 Å². The van der Waals surface area contributed by atoms with Crippen LogP contribution in [0.1, 0.15) is 24.4 Å². The van der Waals surface area contributed by atoms with Gasteiger partial charge in [0.1, 0.15) is 5.75 Å². The minimum absolute atomic E-state index is 0.203. The number of aliphatic hydroxyl groups is 1. The summed E-state index contributed by atoms with van der Waals surface area (Å²) in [5, 5.41) is 21.5. The van der Waals surface area contributed by atoms with E-state index in [9.17, 15) is 0 Å². The molecule has 0 aliphatic carbocycles. The summed E-state index contributed by atoms with van der Waals surface area (Å²) in [6.07, 6.45) is 2.07. The van der Waals surface area contributed by atoms with Gasteiger partial charge in [0.05, 0.1) is 6.61 Å². The van der Waals surface area contributed by atoms with Crippen LogP contribution in [0.2, 0.25) is 0 Å². The van der Waals surface area contributed by atoms with Gasteiger partial charge >= 0.3 is 0 Å². The van der Waals surface area contributed by atoms with Crippen molar-refractivity contribution in [3.05, 3.63) is 29.8 Å². The second-order valence-electron chi connectivity index (χ2n) is 3.77. The molecule has 1 aromatic carbocycles. The Morgan fingerprint density at radius 1 is 1.21 bits per heavy atom. The van der Waals surface area contributed by atoms with Crippen molar-refractivity contribution in [3.63, 3.8) is 0 Å². The Hall–Kier alpha value is -1.06. The zero-order valence-corrected chi connectivity index (χ0v) is 7.98. The first-order valence-electron chi connectivity index (χ1n) is 4.95. The third-order valence-electron chi connectivity index (χ3n) is 2.76. The second-order valence-corrected chi connectivity index (χ2v) is 3.77. The lowest BCUT2D eigenvalue weighted by molar-refractivity contribution is 0.251. The number of rotatable bonds is 2. The molecule has 2 atom stereocenters. The summed E-state index contributed by atoms with van der Waals surface area (Å²) in [4.78, 5) is 0. The van der Waals surface area contributed by atoms with Crippen LogP contribution >= 0.6 is 0 Å². The zero-order chi connectivity index (χ0) is 9.97. The molecule has 1 saturated heterocycles. The normalized spacial score (nSPS) is 26.6. The maximum absolute atomic E-state index is 9.14. The molecule has 1 aromatic rings. The van der Waals surface area contributed by atoms with Gasteiger partial charge in [-0.05, 0) is 30.5 Å². The molecular formula is C11H15NO2. The Balaban J connectivity index is 2.06. The van der Waals surface area contributed by atoms with Crippen molar-refractivity contribution in [2.45, 2.75) is 24.9 Å². The number of hydrogen-bond donors (Lipinski definition) is 3. The number of aliphatic hydroxyl groups excluding tert-OH is 1. The molecule has 0 aromatic heterocycles. The number of nitrogens with one attached hydrogen (secondary N) is 1. The van der Waals surface area contributed by atoms with E-state index in [0.717, 1.165) is 12.8 Å². The quantitative estimate of drug-likeness (QED) is 0.661. The van der Waals surface area contributed by atoms with Gasteiger partial charge in [-0.15, -0.1) is 0 Å². The highest BCUT2D eigenvalue weighted by molar-refractivity contribution is 5.28. The average Bonchev–Trinajstić information content (AvgIpc) is 2.67. The Labute approximate surface area is 83.4 Å². The highest BCUT2D eigenvalue weighted by atomic mass is 16.3. The number of aromatic hydroxyl groups is 1. The van der Waals surface area contributed by atoms with Gasteiger partial charge in [0, 0.05) is 12.1 Å². The summed E-state index contributed by atoms with van der Waals surface area (Å²) in [5.41, 5.74) is 1.18. The van der Waals surface area contributed by atoms with Crippen LogP contribution in [-0.2, 0) is 0 Å². The predicted octanol–water partition coefficient (Wildman–Crippen LogP) is 1.18. The van der Waals surface area contributed by atoms with Crippen molar-refractivity contribution < 1.29 is 10.2 Å². The molecule has 0 bridgehead atoms. The lowest BCUT2D eigenvalue weighted by Crippen LogP contribution is -2.27. The van der Waals surface area contributed by atoms with Crippen LogP contribution in [0.4, 0.5) is 0 Å². The maximum Gasteiger partial charge on any atom is 0.115 e. The first-order valence-corrected chi connectivity index (χ1v) is 4.95. The minimum atomic E-state index is 0.203. The predicted molar refractivity (Wildman–Crippen MR) is 54.1 cm³/mol. The maximum atomic E-state index is 9.14. The molecule has 3 nitrogen and oxygen atoms in total. The van der Waals surface area contributed by atoms with Crippen molar-refractivity contribution in [1.29, 1.82) is 0 Å². The van der Waals surface area contributed by atoms with E-state index in [1.165, 1.54) is 5.56 Å². The van der Waals surface area contributed by atoms with Crippen LogP contribution in [0.3, 0.4) is 0 Å². The lowest BCUT2D eigenvalue weighted by Gasteiger charge is -2.12. The number of hydrogen-bond acceptors (Lipinski definition) is 3. The fraction of sp³-hybridized carbons (Fsp3) is 0.455. The molecule has 0 amide bonds. The van der Waals surface area contributed by atoms with Gasteiger partial charge in [0.15, 0.2) is 0 Å². The van der Waals surface area contributed by atoms with Gasteiger partial charge in [-0.3, -0.25) is 0 Å². The van der Waals surface area contributed by atoms with Crippen LogP contribution in [0.5, 0.6) is 5.75 Å². The summed E-state index contributed by atoms with van der Waals surface area (Å²) in [5.74, 6) is 0.297. The molecule has 1 aliphatic rings. The van der Waals surface area contributed by atoms with E-state index in [1.807, 2.05) is 12.1 Å². The van der Waals surface area contributed by atoms with Crippen LogP contribution in [-0.4, -0.2) is 22.9 Å². The molecule has 1 aliphatic heterocycles. The van der Waals surface area contributed by atoms with Crippen LogP contribution in [0.25, 0.3) is 0 Å². The summed E-state index contributed by atoms with van der Waals surface area (Å²) < 4.78 is 0. The molecule has 3 heteroatoms. The molecule has 3 N–H and O–H groups in total. The second kappa shape index (κ2) is 3.98. The highest BCUT2D eigenvalue weighted by Gasteiger charge is 2.23. The number of phenolic OH excluding ortho intramolecular Hbond substituents is 1. The van der Waals surface area contributed by atoms with E-state index >= 15 is 0 Å². The van der Waals surface area contributed by atoms with Crippen molar-refractivity contribution >= 4 is 0 Å². The van der Waals surface area contributed by atoms with Crippen molar-refractivity contribution in [2.75, 3.05) is 6.61 Å². The Kier molecular flexibility index (Phi) is 2.70. The van der Waals surface area contributed by atoms with Crippen molar-refractivity contribution in [3.8, 4) is 5.75 Å². The molecule has 0 radical (unpaired) electrons. The first kappa shape index (κ1) is 9.49. The van der Waals surface area contributed by atoms with Gasteiger partial charge < -0.3 is 15.5 Å². The van der Waals surface area contributed by atoms with E-state index < -0.39 is 0 Å². The van der Waals surface area contributed by atoms with E-state index in [0.29, 0.717) is 11.8 Å². The monoisotopic (exact) mass is 193 g/mol. The topological polar surface area (TPSA) is 52.5 Å². The van der Waals surface area contributed by atoms with Gasteiger partial charge in [0.25, 0.3) is 0 Å². The minimum Gasteiger partial charge on any atom is -0.508 e. The first-order chi connectivity index (χ1) is 6.79. The molecular weight excluding hydrogens is 178 g/mol. The van der Waals surface area contributed by atoms with E-state index in [2.05, 4.69) is 5.32 Å². The average molecular weight is 193 g/mol. The molecule has 0 saturated carbocycles. The van der Waals surface area contributed by atoms with E-state index in [4.69, 9.17) is 10.2 Å². The molecule has 14 heavy (non-hydrogen) atoms. The third-order valence-corrected chi connectivity index (χ3v) is 2.76. The van der Waals surface area contributed by atoms with Gasteiger partial charge in [-0.25, -0.2) is 0 Å². The van der Waals surface area contributed by atoms with Crippen molar-refractivity contribution in [2.24, 2.45) is 0 Å². The highest BCUT2D eigenvalue weighted by Crippen LogP contribution is 2.27. The third kappa shape index (κ3) is 1.89. The van der Waals surface area contributed by atoms with Gasteiger partial charge in [-0.1, -0.05) is 12.1 Å². The van der Waals surface area contributed by atoms with E-state index in [-0.39, 0.29) is 12.6 Å². The molecule has 2 unspecified atom stereocenters. The summed E-state index contributed by atoms with van der Waals surface area (Å²) in [6.45, 7) is 0.203. The van der Waals surface area contributed by atoms with Crippen LogP contribution in [0.15, 0.2) is 24.3 Å². The lowest BCUT2D eigenvalue weighted by atomic mass is 10.1.